The normalized spacial score (nSPS) is 13.8. The number of carbonyl (C=O) groups is 1. The number of anilines is 1. The van der Waals surface area contributed by atoms with Gasteiger partial charge in [-0.2, -0.15) is 5.10 Å². The average Bonchev–Trinajstić information content (AvgIpc) is 3.17. The van der Waals surface area contributed by atoms with E-state index in [1.807, 2.05) is 37.5 Å². The zero-order valence-electron chi connectivity index (χ0n) is 17.8. The molecule has 3 aromatic heterocycles. The Labute approximate surface area is 175 Å². The van der Waals surface area contributed by atoms with Crippen LogP contribution in [0.4, 0.5) is 5.82 Å². The number of aromatic nitrogens is 4. The summed E-state index contributed by atoms with van der Waals surface area (Å²) in [6.45, 7) is 9.11. The summed E-state index contributed by atoms with van der Waals surface area (Å²) in [5.74, 6) is 0.601. The molecule has 0 unspecified atom stereocenters. The van der Waals surface area contributed by atoms with Crippen molar-refractivity contribution in [2.75, 3.05) is 38.2 Å². The highest BCUT2D eigenvalue weighted by molar-refractivity contribution is 5.80. The van der Waals surface area contributed by atoms with Crippen LogP contribution < -0.4 is 15.0 Å². The summed E-state index contributed by atoms with van der Waals surface area (Å²) in [5.41, 5.74) is 3.57. The predicted octanol–water partition coefficient (Wildman–Crippen LogP) is 2.24. The van der Waals surface area contributed by atoms with Crippen molar-refractivity contribution in [2.24, 2.45) is 5.92 Å². The third-order valence-corrected chi connectivity index (χ3v) is 4.77. The zero-order chi connectivity index (χ0) is 21.7. The molecule has 4 heterocycles. The monoisotopic (exact) mass is 412 g/mol. The summed E-state index contributed by atoms with van der Waals surface area (Å²) < 4.78 is 7.24. The summed E-state index contributed by atoms with van der Waals surface area (Å²) in [6, 6.07) is 6.00. The number of pyridine rings is 1. The largest absolute Gasteiger partial charge is 0.481 e. The Morgan fingerprint density at radius 1 is 1.17 bits per heavy atom. The van der Waals surface area contributed by atoms with Crippen molar-refractivity contribution in [3.63, 3.8) is 0 Å². The van der Waals surface area contributed by atoms with E-state index in [0.29, 0.717) is 5.88 Å². The topological polar surface area (TPSA) is 105 Å². The fraction of sp³-hybridized carbons (Fsp3) is 0.429. The Morgan fingerprint density at radius 3 is 2.50 bits per heavy atom. The van der Waals surface area contributed by atoms with E-state index in [9.17, 15) is 4.79 Å². The van der Waals surface area contributed by atoms with Crippen molar-refractivity contribution in [1.29, 1.82) is 0 Å². The summed E-state index contributed by atoms with van der Waals surface area (Å²) in [5, 5.41) is 15.8. The fourth-order valence-corrected chi connectivity index (χ4v) is 3.01. The van der Waals surface area contributed by atoms with Crippen LogP contribution in [0.25, 0.3) is 16.8 Å². The molecule has 2 N–H and O–H groups in total. The lowest BCUT2D eigenvalue weighted by Crippen LogP contribution is -2.43. The third-order valence-electron chi connectivity index (χ3n) is 4.77. The first kappa shape index (κ1) is 21.5. The molecule has 9 heteroatoms. The molecule has 0 bridgehead atoms. The highest BCUT2D eigenvalue weighted by Crippen LogP contribution is 2.31. The van der Waals surface area contributed by atoms with Crippen LogP contribution in [0.5, 0.6) is 5.88 Å². The number of nitrogens with one attached hydrogen (secondary N) is 1. The summed E-state index contributed by atoms with van der Waals surface area (Å²) in [4.78, 5) is 21.3. The molecule has 0 saturated carbocycles. The van der Waals surface area contributed by atoms with E-state index in [2.05, 4.69) is 20.3 Å². The van der Waals surface area contributed by atoms with E-state index in [4.69, 9.17) is 14.8 Å². The van der Waals surface area contributed by atoms with Crippen LogP contribution in [-0.2, 0) is 4.79 Å². The number of carboxylic acid groups (broad SMARTS) is 1. The van der Waals surface area contributed by atoms with Crippen molar-refractivity contribution in [3.05, 3.63) is 36.3 Å². The van der Waals surface area contributed by atoms with Gasteiger partial charge in [0.25, 0.3) is 0 Å². The van der Waals surface area contributed by atoms with Crippen LogP contribution in [0, 0.1) is 12.8 Å². The SMILES string of the molecule is CC(C)C(=O)O.COc1nc(C)ccc1-c1cnn2ccc(N3CCNCC3)nc12. The van der Waals surface area contributed by atoms with Crippen LogP contribution in [0.15, 0.2) is 30.6 Å². The molecule has 9 nitrogen and oxygen atoms in total. The molecule has 0 radical (unpaired) electrons. The van der Waals surface area contributed by atoms with Crippen LogP contribution in [0.2, 0.25) is 0 Å². The second-order valence-electron chi connectivity index (χ2n) is 7.35. The van der Waals surface area contributed by atoms with Gasteiger partial charge in [-0.05, 0) is 25.1 Å². The first-order valence-corrected chi connectivity index (χ1v) is 9.95. The van der Waals surface area contributed by atoms with Gasteiger partial charge in [0.1, 0.15) is 5.82 Å². The lowest BCUT2D eigenvalue weighted by Gasteiger charge is -2.28. The number of rotatable bonds is 4. The molecule has 4 rings (SSSR count). The predicted molar refractivity (Wildman–Crippen MR) is 115 cm³/mol. The number of methoxy groups -OCH3 is 1. The Balaban J connectivity index is 0.000000377. The van der Waals surface area contributed by atoms with Gasteiger partial charge in [0.2, 0.25) is 5.88 Å². The number of aliphatic carboxylic acids is 1. The maximum absolute atomic E-state index is 9.70. The summed E-state index contributed by atoms with van der Waals surface area (Å²) in [6.07, 6.45) is 3.77. The van der Waals surface area contributed by atoms with Gasteiger partial charge in [-0.1, -0.05) is 13.8 Å². The molecule has 0 spiro atoms. The molecule has 1 saturated heterocycles. The minimum absolute atomic E-state index is 0.231. The Kier molecular flexibility index (Phi) is 6.83. The number of carboxylic acids is 1. The highest BCUT2D eigenvalue weighted by atomic mass is 16.5. The van der Waals surface area contributed by atoms with Gasteiger partial charge in [-0.15, -0.1) is 0 Å². The molecule has 3 aromatic rings. The van der Waals surface area contributed by atoms with Gasteiger partial charge in [0.05, 0.1) is 24.8 Å². The van der Waals surface area contributed by atoms with Crippen LogP contribution in [0.1, 0.15) is 19.5 Å². The minimum Gasteiger partial charge on any atom is -0.481 e. The minimum atomic E-state index is -0.741. The molecule has 0 amide bonds. The van der Waals surface area contributed by atoms with Gasteiger partial charge < -0.3 is 20.1 Å². The van der Waals surface area contributed by atoms with Crippen molar-refractivity contribution in [2.45, 2.75) is 20.8 Å². The Morgan fingerprint density at radius 2 is 1.87 bits per heavy atom. The number of piperazine rings is 1. The number of hydrogen-bond donors (Lipinski definition) is 2. The van der Waals surface area contributed by atoms with Gasteiger partial charge >= 0.3 is 5.97 Å². The van der Waals surface area contributed by atoms with Crippen LogP contribution >= 0.6 is 0 Å². The highest BCUT2D eigenvalue weighted by Gasteiger charge is 2.17. The van der Waals surface area contributed by atoms with E-state index in [0.717, 1.165) is 54.5 Å². The lowest BCUT2D eigenvalue weighted by atomic mass is 10.1. The molecule has 0 atom stereocenters. The van der Waals surface area contributed by atoms with E-state index in [1.54, 1.807) is 25.5 Å². The summed E-state index contributed by atoms with van der Waals surface area (Å²) >= 11 is 0. The van der Waals surface area contributed by atoms with E-state index < -0.39 is 5.97 Å². The van der Waals surface area contributed by atoms with Gasteiger partial charge in [-0.25, -0.2) is 14.5 Å². The maximum Gasteiger partial charge on any atom is 0.305 e. The molecule has 0 aromatic carbocycles. The quantitative estimate of drug-likeness (QED) is 0.672. The van der Waals surface area contributed by atoms with Crippen molar-refractivity contribution in [1.82, 2.24) is 24.9 Å². The molecule has 1 aliphatic heterocycles. The van der Waals surface area contributed by atoms with Crippen molar-refractivity contribution in [3.8, 4) is 17.0 Å². The molecule has 160 valence electrons. The molecule has 0 aliphatic carbocycles. The number of aryl methyl sites for hydroxylation is 1. The third kappa shape index (κ3) is 4.85. The van der Waals surface area contributed by atoms with Crippen LogP contribution in [0.3, 0.4) is 0 Å². The second-order valence-corrected chi connectivity index (χ2v) is 7.35. The van der Waals surface area contributed by atoms with Gasteiger partial charge in [-0.3, -0.25) is 4.79 Å². The van der Waals surface area contributed by atoms with Crippen molar-refractivity contribution >= 4 is 17.4 Å². The molecule has 1 aliphatic rings. The van der Waals surface area contributed by atoms with E-state index >= 15 is 0 Å². The van der Waals surface area contributed by atoms with E-state index in [1.165, 1.54) is 0 Å². The van der Waals surface area contributed by atoms with Crippen LogP contribution in [-0.4, -0.2) is 63.9 Å². The Bertz CT molecular complexity index is 1010. The fourth-order valence-electron chi connectivity index (χ4n) is 3.01. The van der Waals surface area contributed by atoms with Crippen molar-refractivity contribution < 1.29 is 14.6 Å². The molecule has 30 heavy (non-hydrogen) atoms. The number of nitrogens with zero attached hydrogens (tertiary/aromatic N) is 5. The van der Waals surface area contributed by atoms with Gasteiger partial charge in [0.15, 0.2) is 5.65 Å². The zero-order valence-corrected chi connectivity index (χ0v) is 17.8. The number of hydrogen-bond acceptors (Lipinski definition) is 7. The lowest BCUT2D eigenvalue weighted by molar-refractivity contribution is -0.140. The molecular formula is C21H28N6O3. The average molecular weight is 412 g/mol. The number of ether oxygens (including phenoxy) is 1. The number of fused-ring (bicyclic) bond motifs is 1. The van der Waals surface area contributed by atoms with Gasteiger partial charge in [0, 0.05) is 43.6 Å². The molecule has 1 fully saturated rings. The maximum atomic E-state index is 9.70. The molecular weight excluding hydrogens is 384 g/mol. The first-order chi connectivity index (χ1) is 14.4. The summed E-state index contributed by atoms with van der Waals surface area (Å²) in [7, 11) is 1.64. The van der Waals surface area contributed by atoms with E-state index in [-0.39, 0.29) is 5.92 Å². The smallest absolute Gasteiger partial charge is 0.305 e. The standard InChI is InChI=1S/C17H20N6O.C4H8O2/c1-12-3-4-13(17(20-12)24-2)14-11-19-23-8-5-15(21-16(14)23)22-9-6-18-7-10-22;1-3(2)4(5)6/h3-5,8,11,18H,6-7,9-10H2,1-2H3;3H,1-2H3,(H,5,6). The second kappa shape index (κ2) is 9.53. The first-order valence-electron chi connectivity index (χ1n) is 9.95. The Hall–Kier alpha value is -3.20.